The Hall–Kier alpha value is -3.73. The molecule has 5 aromatic rings. The molecule has 5 heteroatoms. The molecular formula is C23H18N4O. The Kier molecular flexibility index (Phi) is 3.79. The van der Waals surface area contributed by atoms with E-state index in [-0.39, 0.29) is 5.56 Å². The van der Waals surface area contributed by atoms with E-state index in [4.69, 9.17) is 0 Å². The van der Waals surface area contributed by atoms with E-state index in [1.54, 1.807) is 10.9 Å². The van der Waals surface area contributed by atoms with Crippen LogP contribution in [0.2, 0.25) is 0 Å². The zero-order valence-electron chi connectivity index (χ0n) is 15.4. The van der Waals surface area contributed by atoms with Gasteiger partial charge >= 0.3 is 0 Å². The van der Waals surface area contributed by atoms with E-state index < -0.39 is 0 Å². The molecule has 0 aliphatic heterocycles. The maximum absolute atomic E-state index is 12.7. The molecule has 2 aromatic heterocycles. The highest BCUT2D eigenvalue weighted by atomic mass is 16.1. The molecule has 136 valence electrons. The van der Waals surface area contributed by atoms with E-state index in [1.807, 2.05) is 54.3 Å². The number of rotatable bonds is 3. The van der Waals surface area contributed by atoms with Gasteiger partial charge in [0.05, 0.1) is 29.3 Å². The Morgan fingerprint density at radius 2 is 1.64 bits per heavy atom. The van der Waals surface area contributed by atoms with Crippen molar-refractivity contribution in [1.82, 2.24) is 19.3 Å². The number of aromatic nitrogens is 4. The summed E-state index contributed by atoms with van der Waals surface area (Å²) in [6.45, 7) is 0.494. The zero-order valence-corrected chi connectivity index (χ0v) is 15.4. The molecule has 2 heterocycles. The van der Waals surface area contributed by atoms with Crippen LogP contribution in [-0.2, 0) is 13.6 Å². The highest BCUT2D eigenvalue weighted by Crippen LogP contribution is 2.28. The lowest BCUT2D eigenvalue weighted by Crippen LogP contribution is -2.21. The SMILES string of the molecule is Cn1cc2c(-c3ccc(Cn4cnc5ccccc5c4=O)cc3)cccc2n1. The van der Waals surface area contributed by atoms with Crippen molar-refractivity contribution in [2.75, 3.05) is 0 Å². The molecule has 0 atom stereocenters. The van der Waals surface area contributed by atoms with Gasteiger partial charge < -0.3 is 0 Å². The third-order valence-electron chi connectivity index (χ3n) is 5.01. The molecule has 5 rings (SSSR count). The first-order valence-electron chi connectivity index (χ1n) is 9.15. The minimum absolute atomic E-state index is 0.0187. The Balaban J connectivity index is 1.49. The lowest BCUT2D eigenvalue weighted by Gasteiger charge is -2.08. The topological polar surface area (TPSA) is 52.7 Å². The standard InChI is InChI=1S/C23H18N4O/c1-26-14-20-18(6-4-8-22(20)25-26)17-11-9-16(10-12-17)13-27-15-24-21-7-3-2-5-19(21)23(27)28/h2-12,14-15H,13H2,1H3. The monoisotopic (exact) mass is 366 g/mol. The Morgan fingerprint density at radius 3 is 2.50 bits per heavy atom. The van der Waals surface area contributed by atoms with Crippen LogP contribution < -0.4 is 5.56 Å². The molecule has 0 amide bonds. The van der Waals surface area contributed by atoms with Crippen molar-refractivity contribution >= 4 is 21.8 Å². The molecule has 0 N–H and O–H groups in total. The minimum atomic E-state index is -0.0187. The van der Waals surface area contributed by atoms with E-state index in [9.17, 15) is 4.79 Å². The second-order valence-corrected chi connectivity index (χ2v) is 6.93. The molecule has 5 nitrogen and oxygen atoms in total. The molecule has 0 spiro atoms. The lowest BCUT2D eigenvalue weighted by atomic mass is 10.0. The molecule has 3 aromatic carbocycles. The summed E-state index contributed by atoms with van der Waals surface area (Å²) in [6.07, 6.45) is 3.66. The van der Waals surface area contributed by atoms with Gasteiger partial charge in [0.1, 0.15) is 0 Å². The number of nitrogens with zero attached hydrogens (tertiary/aromatic N) is 4. The van der Waals surface area contributed by atoms with Crippen molar-refractivity contribution in [2.45, 2.75) is 6.54 Å². The first-order valence-corrected chi connectivity index (χ1v) is 9.15. The second-order valence-electron chi connectivity index (χ2n) is 6.93. The average Bonchev–Trinajstić information content (AvgIpc) is 3.11. The summed E-state index contributed by atoms with van der Waals surface area (Å²) in [5.74, 6) is 0. The predicted molar refractivity (Wildman–Crippen MR) is 111 cm³/mol. The second kappa shape index (κ2) is 6.46. The van der Waals surface area contributed by atoms with Gasteiger partial charge in [0.2, 0.25) is 0 Å². The third kappa shape index (κ3) is 2.77. The summed E-state index contributed by atoms with van der Waals surface area (Å²) >= 11 is 0. The normalized spacial score (nSPS) is 11.3. The summed E-state index contributed by atoms with van der Waals surface area (Å²) in [7, 11) is 1.93. The highest BCUT2D eigenvalue weighted by Gasteiger charge is 2.08. The summed E-state index contributed by atoms with van der Waals surface area (Å²) in [5.41, 5.74) is 5.03. The predicted octanol–water partition coefficient (Wildman–Crippen LogP) is 4.00. The van der Waals surface area contributed by atoms with Gasteiger partial charge in [-0.1, -0.05) is 48.5 Å². The van der Waals surface area contributed by atoms with Crippen molar-refractivity contribution in [2.24, 2.45) is 7.05 Å². The van der Waals surface area contributed by atoms with Crippen LogP contribution in [0.5, 0.6) is 0 Å². The number of hydrogen-bond donors (Lipinski definition) is 0. The molecule has 0 unspecified atom stereocenters. The molecule has 0 saturated heterocycles. The van der Waals surface area contributed by atoms with Crippen LogP contribution >= 0.6 is 0 Å². The molecule has 0 saturated carbocycles. The Morgan fingerprint density at radius 1 is 0.857 bits per heavy atom. The maximum Gasteiger partial charge on any atom is 0.261 e. The van der Waals surface area contributed by atoms with E-state index in [0.717, 1.165) is 33.1 Å². The van der Waals surface area contributed by atoms with Gasteiger partial charge in [-0.3, -0.25) is 14.0 Å². The Labute approximate surface area is 161 Å². The number of benzene rings is 3. The van der Waals surface area contributed by atoms with Crippen LogP contribution in [0.4, 0.5) is 0 Å². The van der Waals surface area contributed by atoms with Crippen molar-refractivity contribution < 1.29 is 0 Å². The summed E-state index contributed by atoms with van der Waals surface area (Å²) in [6, 6.07) is 21.9. The number of fused-ring (bicyclic) bond motifs is 2. The van der Waals surface area contributed by atoms with Crippen LogP contribution in [0.3, 0.4) is 0 Å². The fourth-order valence-corrected chi connectivity index (χ4v) is 3.62. The van der Waals surface area contributed by atoms with Crippen LogP contribution in [0.25, 0.3) is 32.9 Å². The smallest absolute Gasteiger partial charge is 0.261 e. The van der Waals surface area contributed by atoms with Crippen LogP contribution in [0.1, 0.15) is 5.56 Å². The van der Waals surface area contributed by atoms with E-state index in [0.29, 0.717) is 11.9 Å². The first kappa shape index (κ1) is 16.4. The molecule has 0 aliphatic rings. The molecule has 0 bridgehead atoms. The quantitative estimate of drug-likeness (QED) is 0.485. The summed E-state index contributed by atoms with van der Waals surface area (Å²) < 4.78 is 3.49. The van der Waals surface area contributed by atoms with Gasteiger partial charge in [-0.25, -0.2) is 4.98 Å². The van der Waals surface area contributed by atoms with Gasteiger partial charge in [-0.2, -0.15) is 5.10 Å². The fourth-order valence-electron chi connectivity index (χ4n) is 3.62. The molecule has 0 fully saturated rings. The Bertz CT molecular complexity index is 1360. The zero-order chi connectivity index (χ0) is 19.1. The minimum Gasteiger partial charge on any atom is -0.294 e. The molecule has 0 aliphatic carbocycles. The van der Waals surface area contributed by atoms with Crippen LogP contribution in [-0.4, -0.2) is 19.3 Å². The van der Waals surface area contributed by atoms with Crippen molar-refractivity contribution in [3.05, 3.63) is 95.2 Å². The van der Waals surface area contributed by atoms with Crippen molar-refractivity contribution in [3.63, 3.8) is 0 Å². The van der Waals surface area contributed by atoms with E-state index in [2.05, 4.69) is 40.4 Å². The summed E-state index contributed by atoms with van der Waals surface area (Å²) in [4.78, 5) is 17.1. The van der Waals surface area contributed by atoms with E-state index in [1.165, 1.54) is 0 Å². The number of para-hydroxylation sites is 1. The largest absolute Gasteiger partial charge is 0.294 e. The molecule has 28 heavy (non-hydrogen) atoms. The van der Waals surface area contributed by atoms with Crippen LogP contribution in [0.15, 0.2) is 84.0 Å². The number of aryl methyl sites for hydroxylation is 1. The number of hydrogen-bond acceptors (Lipinski definition) is 3. The van der Waals surface area contributed by atoms with Gasteiger partial charge in [0, 0.05) is 18.6 Å². The molecule has 0 radical (unpaired) electrons. The van der Waals surface area contributed by atoms with Crippen molar-refractivity contribution in [1.29, 1.82) is 0 Å². The highest BCUT2D eigenvalue weighted by molar-refractivity contribution is 5.94. The first-order chi connectivity index (χ1) is 13.7. The van der Waals surface area contributed by atoms with E-state index >= 15 is 0 Å². The summed E-state index contributed by atoms with van der Waals surface area (Å²) in [5, 5.41) is 6.25. The fraction of sp³-hybridized carbons (Fsp3) is 0.0870. The van der Waals surface area contributed by atoms with Gasteiger partial charge in [0.25, 0.3) is 5.56 Å². The van der Waals surface area contributed by atoms with Gasteiger partial charge in [-0.15, -0.1) is 0 Å². The van der Waals surface area contributed by atoms with Crippen LogP contribution in [0, 0.1) is 0 Å². The average molecular weight is 366 g/mol. The maximum atomic E-state index is 12.7. The van der Waals surface area contributed by atoms with Crippen molar-refractivity contribution in [3.8, 4) is 11.1 Å². The molecular weight excluding hydrogens is 348 g/mol. The van der Waals surface area contributed by atoms with Gasteiger partial charge in [0.15, 0.2) is 0 Å². The lowest BCUT2D eigenvalue weighted by molar-refractivity contribution is 0.748. The third-order valence-corrected chi connectivity index (χ3v) is 5.01. The van der Waals surface area contributed by atoms with Gasteiger partial charge in [-0.05, 0) is 34.9 Å².